The minimum atomic E-state index is -0.897. The SMILES string of the molecule is C=CC(C)Oc1c(F)cc(C=O)cc1F. The molecule has 1 rings (SSSR count). The molecule has 0 fully saturated rings. The summed E-state index contributed by atoms with van der Waals surface area (Å²) in [5.74, 6) is -2.29. The molecule has 0 saturated carbocycles. The van der Waals surface area contributed by atoms with E-state index in [0.717, 1.165) is 12.1 Å². The number of benzene rings is 1. The van der Waals surface area contributed by atoms with Crippen molar-refractivity contribution in [3.05, 3.63) is 42.0 Å². The van der Waals surface area contributed by atoms with Gasteiger partial charge in [-0.2, -0.15) is 0 Å². The molecule has 0 amide bonds. The number of ether oxygens (including phenoxy) is 1. The van der Waals surface area contributed by atoms with Gasteiger partial charge in [-0.1, -0.05) is 12.7 Å². The van der Waals surface area contributed by atoms with E-state index in [1.807, 2.05) is 0 Å². The molecule has 0 aliphatic carbocycles. The van der Waals surface area contributed by atoms with Gasteiger partial charge in [-0.15, -0.1) is 0 Å². The second kappa shape index (κ2) is 4.68. The Balaban J connectivity index is 3.07. The Morgan fingerprint density at radius 1 is 1.40 bits per heavy atom. The zero-order chi connectivity index (χ0) is 11.4. The highest BCUT2D eigenvalue weighted by atomic mass is 19.1. The van der Waals surface area contributed by atoms with Crippen molar-refractivity contribution >= 4 is 6.29 Å². The fourth-order valence-electron chi connectivity index (χ4n) is 0.994. The van der Waals surface area contributed by atoms with E-state index in [-0.39, 0.29) is 5.56 Å². The molecule has 0 aromatic heterocycles. The molecule has 80 valence electrons. The van der Waals surface area contributed by atoms with Gasteiger partial charge in [-0.05, 0) is 19.1 Å². The Bertz CT molecular complexity index is 365. The van der Waals surface area contributed by atoms with Crippen LogP contribution in [0.25, 0.3) is 0 Å². The van der Waals surface area contributed by atoms with Crippen LogP contribution >= 0.6 is 0 Å². The third kappa shape index (κ3) is 2.62. The van der Waals surface area contributed by atoms with Crippen molar-refractivity contribution < 1.29 is 18.3 Å². The van der Waals surface area contributed by atoms with E-state index in [0.29, 0.717) is 6.29 Å². The largest absolute Gasteiger partial charge is 0.481 e. The zero-order valence-electron chi connectivity index (χ0n) is 8.17. The number of hydrogen-bond donors (Lipinski definition) is 0. The Morgan fingerprint density at radius 2 is 1.93 bits per heavy atom. The van der Waals surface area contributed by atoms with Crippen LogP contribution in [0.3, 0.4) is 0 Å². The third-order valence-corrected chi connectivity index (χ3v) is 1.79. The molecule has 0 N–H and O–H groups in total. The smallest absolute Gasteiger partial charge is 0.191 e. The summed E-state index contributed by atoms with van der Waals surface area (Å²) in [6.07, 6.45) is 1.27. The second-order valence-corrected chi connectivity index (χ2v) is 2.99. The van der Waals surface area contributed by atoms with E-state index in [9.17, 15) is 13.6 Å². The number of rotatable bonds is 4. The number of aldehydes is 1. The maximum absolute atomic E-state index is 13.2. The maximum Gasteiger partial charge on any atom is 0.191 e. The van der Waals surface area contributed by atoms with Gasteiger partial charge in [-0.25, -0.2) is 8.78 Å². The topological polar surface area (TPSA) is 26.3 Å². The molecule has 0 aliphatic rings. The summed E-state index contributed by atoms with van der Waals surface area (Å²) in [6, 6.07) is 1.84. The van der Waals surface area contributed by atoms with Crippen LogP contribution in [0.1, 0.15) is 17.3 Å². The van der Waals surface area contributed by atoms with Crippen LogP contribution in [-0.2, 0) is 0 Å². The minimum absolute atomic E-state index is 0.0661. The van der Waals surface area contributed by atoms with Gasteiger partial charge in [0.1, 0.15) is 12.4 Å². The molecule has 1 unspecified atom stereocenters. The van der Waals surface area contributed by atoms with Gasteiger partial charge < -0.3 is 4.74 Å². The first-order valence-electron chi connectivity index (χ1n) is 4.32. The average Bonchev–Trinajstić information content (AvgIpc) is 2.22. The van der Waals surface area contributed by atoms with E-state index < -0.39 is 23.5 Å². The third-order valence-electron chi connectivity index (χ3n) is 1.79. The van der Waals surface area contributed by atoms with Crippen LogP contribution in [0, 0.1) is 11.6 Å². The van der Waals surface area contributed by atoms with Gasteiger partial charge in [0.15, 0.2) is 17.4 Å². The Hall–Kier alpha value is -1.71. The fourth-order valence-corrected chi connectivity index (χ4v) is 0.994. The van der Waals surface area contributed by atoms with Crippen LogP contribution in [-0.4, -0.2) is 12.4 Å². The van der Waals surface area contributed by atoms with Gasteiger partial charge in [0.05, 0.1) is 0 Å². The Morgan fingerprint density at radius 3 is 2.33 bits per heavy atom. The van der Waals surface area contributed by atoms with Gasteiger partial charge in [-0.3, -0.25) is 4.79 Å². The lowest BCUT2D eigenvalue weighted by Crippen LogP contribution is -2.10. The number of halogens is 2. The van der Waals surface area contributed by atoms with Crippen molar-refractivity contribution in [2.75, 3.05) is 0 Å². The Kier molecular flexibility index (Phi) is 3.55. The lowest BCUT2D eigenvalue weighted by molar-refractivity contribution is 0.112. The summed E-state index contributed by atoms with van der Waals surface area (Å²) in [6.45, 7) is 5.02. The molecular formula is C11H10F2O2. The highest BCUT2D eigenvalue weighted by Gasteiger charge is 2.13. The quantitative estimate of drug-likeness (QED) is 0.566. The van der Waals surface area contributed by atoms with E-state index in [4.69, 9.17) is 4.74 Å². The van der Waals surface area contributed by atoms with Gasteiger partial charge in [0.2, 0.25) is 0 Å². The van der Waals surface area contributed by atoms with Crippen LogP contribution in [0.4, 0.5) is 8.78 Å². The highest BCUT2D eigenvalue weighted by Crippen LogP contribution is 2.23. The highest BCUT2D eigenvalue weighted by molar-refractivity contribution is 5.75. The van der Waals surface area contributed by atoms with Crippen molar-refractivity contribution in [2.24, 2.45) is 0 Å². The van der Waals surface area contributed by atoms with E-state index in [1.54, 1.807) is 6.92 Å². The predicted molar refractivity (Wildman–Crippen MR) is 52.0 cm³/mol. The molecule has 0 saturated heterocycles. The van der Waals surface area contributed by atoms with Gasteiger partial charge >= 0.3 is 0 Å². The number of hydrogen-bond acceptors (Lipinski definition) is 2. The molecule has 1 aromatic rings. The van der Waals surface area contributed by atoms with Crippen molar-refractivity contribution in [3.8, 4) is 5.75 Å². The van der Waals surface area contributed by atoms with Crippen molar-refractivity contribution in [3.63, 3.8) is 0 Å². The molecule has 0 heterocycles. The number of carbonyl (C=O) groups is 1. The van der Waals surface area contributed by atoms with Crippen molar-refractivity contribution in [1.82, 2.24) is 0 Å². The minimum Gasteiger partial charge on any atom is -0.481 e. The molecule has 0 radical (unpaired) electrons. The normalized spacial score (nSPS) is 11.9. The monoisotopic (exact) mass is 212 g/mol. The summed E-state index contributed by atoms with van der Waals surface area (Å²) in [4.78, 5) is 10.3. The molecule has 2 nitrogen and oxygen atoms in total. The fraction of sp³-hybridized carbons (Fsp3) is 0.182. The summed E-state index contributed by atoms with van der Waals surface area (Å²) < 4.78 is 31.4. The molecule has 15 heavy (non-hydrogen) atoms. The molecular weight excluding hydrogens is 202 g/mol. The van der Waals surface area contributed by atoms with Crippen molar-refractivity contribution in [1.29, 1.82) is 0 Å². The van der Waals surface area contributed by atoms with Gasteiger partial charge in [0.25, 0.3) is 0 Å². The number of carbonyl (C=O) groups excluding carboxylic acids is 1. The van der Waals surface area contributed by atoms with Crippen LogP contribution < -0.4 is 4.74 Å². The van der Waals surface area contributed by atoms with E-state index >= 15 is 0 Å². The standard InChI is InChI=1S/C11H10F2O2/c1-3-7(2)15-11-9(12)4-8(6-14)5-10(11)13/h3-7H,1H2,2H3. The van der Waals surface area contributed by atoms with Crippen LogP contribution in [0.15, 0.2) is 24.8 Å². The molecule has 1 atom stereocenters. The van der Waals surface area contributed by atoms with Crippen LogP contribution in [0.5, 0.6) is 5.75 Å². The molecule has 1 aromatic carbocycles. The van der Waals surface area contributed by atoms with E-state index in [2.05, 4.69) is 6.58 Å². The molecule has 0 bridgehead atoms. The van der Waals surface area contributed by atoms with Gasteiger partial charge in [0, 0.05) is 5.56 Å². The van der Waals surface area contributed by atoms with Crippen molar-refractivity contribution in [2.45, 2.75) is 13.0 Å². The first-order chi connectivity index (χ1) is 7.08. The maximum atomic E-state index is 13.2. The molecule has 0 aliphatic heterocycles. The summed E-state index contributed by atoms with van der Waals surface area (Å²) in [5, 5.41) is 0. The average molecular weight is 212 g/mol. The van der Waals surface area contributed by atoms with Crippen LogP contribution in [0.2, 0.25) is 0 Å². The summed E-state index contributed by atoms with van der Waals surface area (Å²) in [5.41, 5.74) is -0.0661. The summed E-state index contributed by atoms with van der Waals surface area (Å²) >= 11 is 0. The second-order valence-electron chi connectivity index (χ2n) is 2.99. The Labute approximate surface area is 86.2 Å². The lowest BCUT2D eigenvalue weighted by Gasteiger charge is -2.12. The first kappa shape index (κ1) is 11.4. The molecule has 4 heteroatoms. The first-order valence-corrected chi connectivity index (χ1v) is 4.32. The summed E-state index contributed by atoms with van der Waals surface area (Å²) in [7, 11) is 0. The van der Waals surface area contributed by atoms with E-state index in [1.165, 1.54) is 6.08 Å². The lowest BCUT2D eigenvalue weighted by atomic mass is 10.2. The molecule has 0 spiro atoms. The predicted octanol–water partition coefficient (Wildman–Crippen LogP) is 2.73. The zero-order valence-corrected chi connectivity index (χ0v) is 8.17.